The van der Waals surface area contributed by atoms with Crippen molar-refractivity contribution in [2.45, 2.75) is 18.4 Å². The molecule has 0 aliphatic rings. The molecule has 0 saturated heterocycles. The number of nitrogens with one attached hydrogen (secondary N) is 1. The van der Waals surface area contributed by atoms with E-state index in [-0.39, 0.29) is 12.5 Å². The van der Waals surface area contributed by atoms with E-state index in [2.05, 4.69) is 17.4 Å². The third-order valence-electron chi connectivity index (χ3n) is 4.09. The van der Waals surface area contributed by atoms with Gasteiger partial charge in [-0.3, -0.25) is 4.79 Å². The number of hydrogen-bond donors (Lipinski definition) is 1. The molecular weight excluding hydrogens is 376 g/mol. The second-order valence-corrected chi connectivity index (χ2v) is 7.17. The molecule has 146 valence electrons. The topological polar surface area (TPSA) is 73.6 Å². The number of methoxy groups -OCH3 is 2. The van der Waals surface area contributed by atoms with Crippen molar-refractivity contribution in [3.63, 3.8) is 0 Å². The van der Waals surface area contributed by atoms with E-state index in [1.54, 1.807) is 38.1 Å². The lowest BCUT2D eigenvalue weighted by molar-refractivity contribution is 0.0947. The Bertz CT molecular complexity index is 955. The van der Waals surface area contributed by atoms with E-state index in [9.17, 15) is 4.79 Å². The Labute approximate surface area is 168 Å². The zero-order valence-corrected chi connectivity index (χ0v) is 16.8. The molecule has 0 unspecified atom stereocenters. The van der Waals surface area contributed by atoms with Gasteiger partial charge in [-0.1, -0.05) is 24.2 Å². The number of thioether (sulfide) groups is 1. The van der Waals surface area contributed by atoms with Crippen molar-refractivity contribution < 1.29 is 18.8 Å². The van der Waals surface area contributed by atoms with Gasteiger partial charge in [-0.2, -0.15) is 0 Å². The van der Waals surface area contributed by atoms with Gasteiger partial charge in [0.05, 0.1) is 26.3 Å². The molecule has 0 radical (unpaired) electrons. The second kappa shape index (κ2) is 9.32. The van der Waals surface area contributed by atoms with Crippen LogP contribution in [0.25, 0.3) is 11.3 Å². The van der Waals surface area contributed by atoms with Crippen molar-refractivity contribution >= 4 is 17.7 Å². The summed E-state index contributed by atoms with van der Waals surface area (Å²) in [5.41, 5.74) is 2.11. The van der Waals surface area contributed by atoms with Crippen molar-refractivity contribution in [2.75, 3.05) is 20.0 Å². The van der Waals surface area contributed by atoms with E-state index in [0.29, 0.717) is 28.5 Å². The van der Waals surface area contributed by atoms with Crippen LogP contribution in [0, 0.1) is 0 Å². The summed E-state index contributed by atoms with van der Waals surface area (Å²) in [5, 5.41) is 6.95. The molecule has 7 heteroatoms. The fraction of sp³-hybridized carbons (Fsp3) is 0.238. The van der Waals surface area contributed by atoms with Crippen LogP contribution < -0.4 is 14.8 Å². The smallest absolute Gasteiger partial charge is 0.252 e. The number of nitrogens with zero attached hydrogens (tertiary/aromatic N) is 1. The molecule has 1 heterocycles. The van der Waals surface area contributed by atoms with Gasteiger partial charge in [-0.15, -0.1) is 11.8 Å². The Hall–Kier alpha value is -2.93. The van der Waals surface area contributed by atoms with Crippen LogP contribution in [0.2, 0.25) is 0 Å². The quantitative estimate of drug-likeness (QED) is 0.567. The summed E-state index contributed by atoms with van der Waals surface area (Å²) in [6.45, 7) is 2.34. The second-order valence-electron chi connectivity index (χ2n) is 5.86. The number of benzene rings is 2. The van der Waals surface area contributed by atoms with Crippen LogP contribution in [-0.2, 0) is 6.54 Å². The zero-order chi connectivity index (χ0) is 19.9. The van der Waals surface area contributed by atoms with Gasteiger partial charge in [0.25, 0.3) is 5.91 Å². The Balaban J connectivity index is 1.69. The molecule has 1 N–H and O–H groups in total. The van der Waals surface area contributed by atoms with E-state index in [1.807, 2.05) is 36.4 Å². The molecule has 0 aliphatic heterocycles. The highest BCUT2D eigenvalue weighted by molar-refractivity contribution is 7.99. The van der Waals surface area contributed by atoms with E-state index in [0.717, 1.165) is 16.2 Å². The third kappa shape index (κ3) is 4.48. The minimum Gasteiger partial charge on any atom is -0.493 e. The van der Waals surface area contributed by atoms with Crippen LogP contribution in [0.3, 0.4) is 0 Å². The summed E-state index contributed by atoms with van der Waals surface area (Å²) < 4.78 is 16.0. The van der Waals surface area contributed by atoms with Crippen molar-refractivity contribution in [3.05, 3.63) is 59.8 Å². The van der Waals surface area contributed by atoms with Gasteiger partial charge in [0, 0.05) is 16.5 Å². The third-order valence-corrected chi connectivity index (χ3v) is 5.04. The van der Waals surface area contributed by atoms with Crippen molar-refractivity contribution in [3.8, 4) is 22.8 Å². The van der Waals surface area contributed by atoms with Crippen LogP contribution in [0.15, 0.2) is 57.9 Å². The SMILES string of the molecule is CCSc1ccccc1C(=O)NCc1cc(-c2ccc(OC)c(OC)c2)on1. The molecule has 3 aromatic rings. The first-order valence-corrected chi connectivity index (χ1v) is 9.82. The molecule has 0 spiro atoms. The van der Waals surface area contributed by atoms with Crippen LogP contribution in [0.4, 0.5) is 0 Å². The molecule has 1 amide bonds. The summed E-state index contributed by atoms with van der Waals surface area (Å²) in [6.07, 6.45) is 0. The van der Waals surface area contributed by atoms with Gasteiger partial charge >= 0.3 is 0 Å². The number of carbonyl (C=O) groups is 1. The fourth-order valence-corrected chi connectivity index (χ4v) is 3.52. The highest BCUT2D eigenvalue weighted by Crippen LogP contribution is 2.32. The van der Waals surface area contributed by atoms with E-state index >= 15 is 0 Å². The van der Waals surface area contributed by atoms with Gasteiger partial charge in [-0.25, -0.2) is 0 Å². The summed E-state index contributed by atoms with van der Waals surface area (Å²) in [4.78, 5) is 13.5. The molecule has 0 fully saturated rings. The average Bonchev–Trinajstić information content (AvgIpc) is 3.21. The molecule has 2 aromatic carbocycles. The van der Waals surface area contributed by atoms with Crippen LogP contribution in [-0.4, -0.2) is 31.0 Å². The minimum absolute atomic E-state index is 0.132. The highest BCUT2D eigenvalue weighted by Gasteiger charge is 2.14. The lowest BCUT2D eigenvalue weighted by atomic mass is 10.1. The molecule has 0 saturated carbocycles. The molecule has 0 aliphatic carbocycles. The first-order valence-electron chi connectivity index (χ1n) is 8.84. The van der Waals surface area contributed by atoms with Gasteiger partial charge in [0.1, 0.15) is 5.69 Å². The molecule has 6 nitrogen and oxygen atoms in total. The van der Waals surface area contributed by atoms with Crippen molar-refractivity contribution in [2.24, 2.45) is 0 Å². The van der Waals surface area contributed by atoms with Crippen LogP contribution >= 0.6 is 11.8 Å². The first kappa shape index (κ1) is 19.8. The van der Waals surface area contributed by atoms with Gasteiger partial charge in [-0.05, 0) is 36.1 Å². The maximum Gasteiger partial charge on any atom is 0.252 e. The van der Waals surface area contributed by atoms with Crippen molar-refractivity contribution in [1.29, 1.82) is 0 Å². The Morgan fingerprint density at radius 3 is 2.64 bits per heavy atom. The number of aromatic nitrogens is 1. The van der Waals surface area contributed by atoms with E-state index in [4.69, 9.17) is 14.0 Å². The maximum atomic E-state index is 12.5. The fourth-order valence-electron chi connectivity index (χ4n) is 2.72. The lowest BCUT2D eigenvalue weighted by Crippen LogP contribution is -2.23. The summed E-state index contributed by atoms with van der Waals surface area (Å²) in [5.74, 6) is 2.61. The van der Waals surface area contributed by atoms with Gasteiger partial charge in [0.2, 0.25) is 0 Å². The highest BCUT2D eigenvalue weighted by atomic mass is 32.2. The average molecular weight is 398 g/mol. The number of ether oxygens (including phenoxy) is 2. The number of hydrogen-bond acceptors (Lipinski definition) is 6. The number of amides is 1. The molecular formula is C21H22N2O4S. The van der Waals surface area contributed by atoms with Crippen LogP contribution in [0.1, 0.15) is 23.0 Å². The van der Waals surface area contributed by atoms with Gasteiger partial charge < -0.3 is 19.3 Å². The first-order chi connectivity index (χ1) is 13.7. The van der Waals surface area contributed by atoms with Crippen molar-refractivity contribution in [1.82, 2.24) is 10.5 Å². The molecule has 3 rings (SSSR count). The van der Waals surface area contributed by atoms with Crippen LogP contribution in [0.5, 0.6) is 11.5 Å². The lowest BCUT2D eigenvalue weighted by Gasteiger charge is -2.08. The standard InChI is InChI=1S/C21H22N2O4S/c1-4-28-20-8-6-5-7-16(20)21(24)22-13-15-12-18(27-23-15)14-9-10-17(25-2)19(11-14)26-3/h5-12H,4,13H2,1-3H3,(H,22,24). The Morgan fingerprint density at radius 2 is 1.89 bits per heavy atom. The Morgan fingerprint density at radius 1 is 1.11 bits per heavy atom. The maximum absolute atomic E-state index is 12.5. The minimum atomic E-state index is -0.132. The molecule has 0 atom stereocenters. The molecule has 0 bridgehead atoms. The summed E-state index contributed by atoms with van der Waals surface area (Å²) in [6, 6.07) is 14.9. The summed E-state index contributed by atoms with van der Waals surface area (Å²) in [7, 11) is 3.17. The monoisotopic (exact) mass is 398 g/mol. The normalized spacial score (nSPS) is 10.5. The predicted octanol–water partition coefficient (Wildman–Crippen LogP) is 4.40. The van der Waals surface area contributed by atoms with E-state index in [1.165, 1.54) is 0 Å². The van der Waals surface area contributed by atoms with E-state index < -0.39 is 0 Å². The van der Waals surface area contributed by atoms with Gasteiger partial charge in [0.15, 0.2) is 17.3 Å². The zero-order valence-electron chi connectivity index (χ0n) is 16.0. The largest absolute Gasteiger partial charge is 0.493 e. The molecule has 28 heavy (non-hydrogen) atoms. The molecule has 1 aromatic heterocycles. The predicted molar refractivity (Wildman–Crippen MR) is 109 cm³/mol. The number of carbonyl (C=O) groups excluding carboxylic acids is 1. The summed E-state index contributed by atoms with van der Waals surface area (Å²) >= 11 is 1.64. The number of rotatable bonds is 8. The Kier molecular flexibility index (Phi) is 6.60.